The molecule has 0 radical (unpaired) electrons. The number of rotatable bonds is 18. The molecule has 9 heteroatoms. The third-order valence-electron chi connectivity index (χ3n) is 5.31. The van der Waals surface area contributed by atoms with E-state index in [1.54, 1.807) is 0 Å². The second-order valence-corrected chi connectivity index (χ2v) is 8.48. The van der Waals surface area contributed by atoms with Gasteiger partial charge in [-0.2, -0.15) is 0 Å². The Labute approximate surface area is 214 Å². The highest BCUT2D eigenvalue weighted by molar-refractivity contribution is 5.66. The van der Waals surface area contributed by atoms with E-state index in [1.165, 1.54) is 6.92 Å². The number of aliphatic hydroxyl groups excluding tert-OH is 4. The molecule has 1 heterocycles. The summed E-state index contributed by atoms with van der Waals surface area (Å²) in [6, 6.07) is 0. The molecule has 0 saturated carbocycles. The summed E-state index contributed by atoms with van der Waals surface area (Å²) in [5, 5.41) is 39.0. The van der Waals surface area contributed by atoms with Gasteiger partial charge < -0.3 is 39.4 Å². The van der Waals surface area contributed by atoms with E-state index in [1.807, 2.05) is 0 Å². The van der Waals surface area contributed by atoms with Gasteiger partial charge in [0, 0.05) is 13.5 Å². The van der Waals surface area contributed by atoms with Crippen LogP contribution in [0.3, 0.4) is 0 Å². The molecular formula is C27H44O9. The molecule has 1 aliphatic heterocycles. The third-order valence-corrected chi connectivity index (χ3v) is 5.31. The van der Waals surface area contributed by atoms with Gasteiger partial charge in [0.15, 0.2) is 6.29 Å². The number of ether oxygens (including phenoxy) is 4. The fourth-order valence-corrected chi connectivity index (χ4v) is 3.37. The summed E-state index contributed by atoms with van der Waals surface area (Å²) in [7, 11) is 0. The molecule has 1 saturated heterocycles. The van der Waals surface area contributed by atoms with Crippen molar-refractivity contribution in [2.24, 2.45) is 0 Å². The Morgan fingerprint density at radius 2 is 1.50 bits per heavy atom. The van der Waals surface area contributed by atoms with Crippen molar-refractivity contribution in [1.82, 2.24) is 0 Å². The molecule has 6 unspecified atom stereocenters. The van der Waals surface area contributed by atoms with Gasteiger partial charge in [0.2, 0.25) is 0 Å². The highest BCUT2D eigenvalue weighted by Crippen LogP contribution is 2.22. The number of hydrogen-bond acceptors (Lipinski definition) is 9. The van der Waals surface area contributed by atoms with Gasteiger partial charge in [0.25, 0.3) is 0 Å². The lowest BCUT2D eigenvalue weighted by Crippen LogP contribution is -2.59. The van der Waals surface area contributed by atoms with E-state index in [2.05, 4.69) is 55.5 Å². The Morgan fingerprint density at radius 3 is 2.08 bits per heavy atom. The fraction of sp³-hybridized carbons (Fsp3) is 0.667. The van der Waals surface area contributed by atoms with Crippen LogP contribution in [-0.4, -0.2) is 89.6 Å². The van der Waals surface area contributed by atoms with Crippen molar-refractivity contribution >= 4 is 5.97 Å². The topological polar surface area (TPSA) is 135 Å². The summed E-state index contributed by atoms with van der Waals surface area (Å²) in [5.74, 6) is -0.513. The minimum Gasteiger partial charge on any atom is -0.458 e. The van der Waals surface area contributed by atoms with Crippen molar-refractivity contribution in [3.05, 3.63) is 48.6 Å². The van der Waals surface area contributed by atoms with Crippen LogP contribution >= 0.6 is 0 Å². The molecule has 6 atom stereocenters. The Bertz CT molecular complexity index is 687. The van der Waals surface area contributed by atoms with Crippen LogP contribution in [0.5, 0.6) is 0 Å². The Kier molecular flexibility index (Phi) is 18.1. The smallest absolute Gasteiger partial charge is 0.303 e. The highest BCUT2D eigenvalue weighted by atomic mass is 16.7. The van der Waals surface area contributed by atoms with Crippen LogP contribution in [0.4, 0.5) is 0 Å². The van der Waals surface area contributed by atoms with Crippen LogP contribution < -0.4 is 0 Å². The van der Waals surface area contributed by atoms with E-state index in [4.69, 9.17) is 18.9 Å². The lowest BCUT2D eigenvalue weighted by atomic mass is 9.99. The largest absolute Gasteiger partial charge is 0.458 e. The maximum absolute atomic E-state index is 11.4. The standard InChI is InChI=1S/C27H44O9/c1-3-4-5-6-7-8-9-10-11-12-13-14-15-16-17-33-19-22(35-21(2)29)20-34-27-26(32)25(31)24(30)23(18-28)36-27/h4-5,7-8,10-11,13-14,22-28,30-32H,3,6,9,12,15-20H2,1-2H3/b5-4-,8-7-,11-10-,14-13-. The number of unbranched alkanes of at least 4 members (excludes halogenated alkanes) is 1. The van der Waals surface area contributed by atoms with Crippen molar-refractivity contribution in [2.45, 2.75) is 89.2 Å². The lowest BCUT2D eigenvalue weighted by Gasteiger charge is -2.39. The van der Waals surface area contributed by atoms with Gasteiger partial charge in [0.1, 0.15) is 30.5 Å². The van der Waals surface area contributed by atoms with Crippen LogP contribution in [0.15, 0.2) is 48.6 Å². The average Bonchev–Trinajstić information content (AvgIpc) is 2.86. The number of carbonyl (C=O) groups excluding carboxylic acids is 1. The van der Waals surface area contributed by atoms with Crippen molar-refractivity contribution < 1.29 is 44.2 Å². The van der Waals surface area contributed by atoms with Crippen molar-refractivity contribution in [3.63, 3.8) is 0 Å². The van der Waals surface area contributed by atoms with E-state index >= 15 is 0 Å². The normalized spacial score (nSPS) is 26.0. The van der Waals surface area contributed by atoms with Gasteiger partial charge in [-0.25, -0.2) is 0 Å². The quantitative estimate of drug-likeness (QED) is 0.124. The highest BCUT2D eigenvalue weighted by Gasteiger charge is 2.44. The van der Waals surface area contributed by atoms with E-state index in [0.717, 1.165) is 38.5 Å². The molecule has 0 aromatic heterocycles. The Balaban J connectivity index is 2.23. The van der Waals surface area contributed by atoms with Crippen LogP contribution in [0.1, 0.15) is 52.4 Å². The summed E-state index contributed by atoms with van der Waals surface area (Å²) in [6.07, 6.45) is 15.1. The van der Waals surface area contributed by atoms with Gasteiger partial charge in [-0.1, -0.05) is 55.5 Å². The van der Waals surface area contributed by atoms with Gasteiger partial charge in [-0.3, -0.25) is 4.79 Å². The zero-order chi connectivity index (χ0) is 26.6. The number of aliphatic hydroxyl groups is 4. The maximum Gasteiger partial charge on any atom is 0.303 e. The first-order valence-electron chi connectivity index (χ1n) is 12.7. The number of carbonyl (C=O) groups is 1. The molecule has 1 fully saturated rings. The van der Waals surface area contributed by atoms with Crippen LogP contribution in [-0.2, 0) is 23.7 Å². The molecule has 36 heavy (non-hydrogen) atoms. The SMILES string of the molecule is CC/C=C\C/C=C\C/C=C\C/C=C\CCCOCC(COC1OC(CO)C(O)C(O)C1O)OC(C)=O. The molecule has 0 bridgehead atoms. The molecule has 0 aromatic carbocycles. The second kappa shape index (κ2) is 20.2. The zero-order valence-corrected chi connectivity index (χ0v) is 21.5. The number of allylic oxidation sites excluding steroid dienone is 8. The first-order valence-corrected chi connectivity index (χ1v) is 12.7. The molecule has 0 amide bonds. The predicted octanol–water partition coefficient (Wildman–Crippen LogP) is 2.34. The second-order valence-electron chi connectivity index (χ2n) is 8.48. The number of esters is 1. The molecule has 0 spiro atoms. The van der Waals surface area contributed by atoms with Crippen LogP contribution in [0, 0.1) is 0 Å². The molecule has 0 aliphatic carbocycles. The van der Waals surface area contributed by atoms with Crippen molar-refractivity contribution in [3.8, 4) is 0 Å². The van der Waals surface area contributed by atoms with Crippen molar-refractivity contribution in [1.29, 1.82) is 0 Å². The monoisotopic (exact) mass is 512 g/mol. The third kappa shape index (κ3) is 14.0. The molecule has 0 aromatic rings. The Hall–Kier alpha value is -1.85. The molecule has 1 aliphatic rings. The zero-order valence-electron chi connectivity index (χ0n) is 21.5. The average molecular weight is 513 g/mol. The molecule has 1 rings (SSSR count). The first-order chi connectivity index (χ1) is 17.4. The first kappa shape index (κ1) is 32.2. The minimum atomic E-state index is -1.54. The summed E-state index contributed by atoms with van der Waals surface area (Å²) in [5.41, 5.74) is 0. The molecule has 206 valence electrons. The van der Waals surface area contributed by atoms with Gasteiger partial charge >= 0.3 is 5.97 Å². The Morgan fingerprint density at radius 1 is 0.889 bits per heavy atom. The molecule has 4 N–H and O–H groups in total. The fourth-order valence-electron chi connectivity index (χ4n) is 3.37. The van der Waals surface area contributed by atoms with E-state index < -0.39 is 49.4 Å². The van der Waals surface area contributed by atoms with Crippen LogP contribution in [0.2, 0.25) is 0 Å². The van der Waals surface area contributed by atoms with E-state index in [-0.39, 0.29) is 13.2 Å². The summed E-state index contributed by atoms with van der Waals surface area (Å²) >= 11 is 0. The lowest BCUT2D eigenvalue weighted by molar-refractivity contribution is -0.305. The van der Waals surface area contributed by atoms with E-state index in [0.29, 0.717) is 6.61 Å². The molecule has 9 nitrogen and oxygen atoms in total. The predicted molar refractivity (Wildman–Crippen MR) is 136 cm³/mol. The molecular weight excluding hydrogens is 468 g/mol. The van der Waals surface area contributed by atoms with Gasteiger partial charge in [0.05, 0.1) is 19.8 Å². The summed E-state index contributed by atoms with van der Waals surface area (Å²) in [4.78, 5) is 11.4. The summed E-state index contributed by atoms with van der Waals surface area (Å²) in [6.45, 7) is 3.24. The van der Waals surface area contributed by atoms with E-state index in [9.17, 15) is 25.2 Å². The van der Waals surface area contributed by atoms with Gasteiger partial charge in [-0.05, 0) is 38.5 Å². The minimum absolute atomic E-state index is 0.0885. The van der Waals surface area contributed by atoms with Crippen LogP contribution in [0.25, 0.3) is 0 Å². The van der Waals surface area contributed by atoms with Gasteiger partial charge in [-0.15, -0.1) is 0 Å². The summed E-state index contributed by atoms with van der Waals surface area (Å²) < 4.78 is 21.5. The number of hydrogen-bond donors (Lipinski definition) is 4. The maximum atomic E-state index is 11.4. The van der Waals surface area contributed by atoms with Crippen molar-refractivity contribution in [2.75, 3.05) is 26.4 Å².